The van der Waals surface area contributed by atoms with E-state index in [1.807, 2.05) is 0 Å². The zero-order valence-electron chi connectivity index (χ0n) is 8.31. The Morgan fingerprint density at radius 2 is 2.33 bits per heavy atom. The first-order valence-electron chi connectivity index (χ1n) is 4.36. The predicted octanol–water partition coefficient (Wildman–Crippen LogP) is 1.14. The van der Waals surface area contributed by atoms with Gasteiger partial charge in [-0.15, -0.1) is 0 Å². The Bertz CT molecular complexity index is 402. The normalized spacial score (nSPS) is 12.3. The highest BCUT2D eigenvalue weighted by atomic mass is 19.1. The molecular weight excluding hydrogens is 197 g/mol. The van der Waals surface area contributed by atoms with Crippen LogP contribution in [0.25, 0.3) is 0 Å². The maximum Gasteiger partial charge on any atom is 0.151 e. The van der Waals surface area contributed by atoms with Gasteiger partial charge in [0.2, 0.25) is 0 Å². The molecule has 5 heteroatoms. The summed E-state index contributed by atoms with van der Waals surface area (Å²) >= 11 is 0. The minimum Gasteiger partial charge on any atom is -0.390 e. The van der Waals surface area contributed by atoms with E-state index in [1.165, 1.54) is 12.3 Å². The lowest BCUT2D eigenvalue weighted by atomic mass is 10.2. The summed E-state index contributed by atoms with van der Waals surface area (Å²) in [5.74, 6) is 4.57. The van der Waals surface area contributed by atoms with E-state index < -0.39 is 0 Å². The molecule has 0 amide bonds. The molecule has 1 rings (SSSR count). The van der Waals surface area contributed by atoms with Gasteiger partial charge in [-0.25, -0.2) is 4.39 Å². The van der Waals surface area contributed by atoms with Crippen LogP contribution >= 0.6 is 0 Å². The van der Waals surface area contributed by atoms with Gasteiger partial charge in [0, 0.05) is 0 Å². The number of aliphatic hydroxyl groups is 1. The zero-order valence-corrected chi connectivity index (χ0v) is 8.31. The van der Waals surface area contributed by atoms with Crippen LogP contribution < -0.4 is 5.84 Å². The van der Waals surface area contributed by atoms with Crippen LogP contribution in [0, 0.1) is 12.7 Å². The summed E-state index contributed by atoms with van der Waals surface area (Å²) in [5, 5.41) is 12.0. The molecule has 0 aromatic heterocycles. The van der Waals surface area contributed by atoms with E-state index >= 15 is 0 Å². The average Bonchev–Trinajstić information content (AvgIpc) is 2.25. The lowest BCUT2D eigenvalue weighted by Crippen LogP contribution is -2.08. The highest BCUT2D eigenvalue weighted by molar-refractivity contribution is 6.31. The van der Waals surface area contributed by atoms with Gasteiger partial charge in [0.05, 0.1) is 18.5 Å². The number of benzene rings is 1. The molecule has 0 heterocycles. The molecule has 1 aromatic rings. The van der Waals surface area contributed by atoms with Crippen molar-refractivity contribution in [3.8, 4) is 0 Å². The standard InChI is InChI=1S/C10H12FN3O/c1-7-3-2-4-9(10(7)11)13-5-8(6-15)14-12/h2-5,15H,6,12H2,1H3. The molecule has 3 N–H and O–H groups in total. The van der Waals surface area contributed by atoms with Gasteiger partial charge in [-0.3, -0.25) is 4.99 Å². The number of aliphatic hydroxyl groups excluding tert-OH is 1. The zero-order chi connectivity index (χ0) is 11.3. The average molecular weight is 209 g/mol. The molecule has 80 valence electrons. The number of aliphatic imine (C=N–C) groups is 1. The van der Waals surface area contributed by atoms with E-state index in [4.69, 9.17) is 10.9 Å². The van der Waals surface area contributed by atoms with Gasteiger partial charge in [-0.2, -0.15) is 5.10 Å². The second-order valence-corrected chi connectivity index (χ2v) is 2.94. The Hall–Kier alpha value is -1.75. The van der Waals surface area contributed by atoms with Crippen LogP contribution in [0.5, 0.6) is 0 Å². The second kappa shape index (κ2) is 5.21. The first-order valence-corrected chi connectivity index (χ1v) is 4.36. The molecule has 0 aliphatic heterocycles. The highest BCUT2D eigenvalue weighted by Gasteiger charge is 2.02. The summed E-state index contributed by atoms with van der Waals surface area (Å²) in [7, 11) is 0. The molecule has 0 radical (unpaired) electrons. The third-order valence-corrected chi connectivity index (χ3v) is 1.85. The van der Waals surface area contributed by atoms with Gasteiger partial charge >= 0.3 is 0 Å². The first-order chi connectivity index (χ1) is 7.19. The molecule has 0 bridgehead atoms. The number of rotatable bonds is 3. The topological polar surface area (TPSA) is 71.0 Å². The van der Waals surface area contributed by atoms with Crippen LogP contribution in [0.15, 0.2) is 28.3 Å². The monoisotopic (exact) mass is 209 g/mol. The van der Waals surface area contributed by atoms with Gasteiger partial charge in [-0.1, -0.05) is 12.1 Å². The fourth-order valence-corrected chi connectivity index (χ4v) is 0.991. The molecule has 0 aliphatic rings. The summed E-state index contributed by atoms with van der Waals surface area (Å²) in [6.07, 6.45) is 1.23. The van der Waals surface area contributed by atoms with Crippen LogP contribution in [0.3, 0.4) is 0 Å². The molecule has 1 aromatic carbocycles. The van der Waals surface area contributed by atoms with E-state index in [2.05, 4.69) is 10.1 Å². The summed E-state index contributed by atoms with van der Waals surface area (Å²) in [6, 6.07) is 4.88. The minimum absolute atomic E-state index is 0.191. The van der Waals surface area contributed by atoms with E-state index in [9.17, 15) is 4.39 Å². The molecule has 0 spiro atoms. The number of nitrogens with two attached hydrogens (primary N) is 1. The van der Waals surface area contributed by atoms with E-state index in [0.717, 1.165) is 0 Å². The maximum absolute atomic E-state index is 13.4. The largest absolute Gasteiger partial charge is 0.390 e. The molecule has 0 unspecified atom stereocenters. The second-order valence-electron chi connectivity index (χ2n) is 2.94. The Morgan fingerprint density at radius 1 is 1.60 bits per heavy atom. The minimum atomic E-state index is -0.386. The molecule has 15 heavy (non-hydrogen) atoms. The Balaban J connectivity index is 2.94. The van der Waals surface area contributed by atoms with Crippen molar-refractivity contribution in [1.29, 1.82) is 0 Å². The Labute approximate surface area is 87.0 Å². The van der Waals surface area contributed by atoms with Crippen molar-refractivity contribution >= 4 is 17.6 Å². The van der Waals surface area contributed by atoms with Crippen molar-refractivity contribution in [1.82, 2.24) is 0 Å². The van der Waals surface area contributed by atoms with Crippen molar-refractivity contribution in [2.75, 3.05) is 6.61 Å². The number of hydrogen-bond donors (Lipinski definition) is 2. The summed E-state index contributed by atoms with van der Waals surface area (Å²) in [4.78, 5) is 3.84. The molecular formula is C10H12FN3O. The third kappa shape index (κ3) is 2.85. The van der Waals surface area contributed by atoms with Crippen LogP contribution in [0.2, 0.25) is 0 Å². The van der Waals surface area contributed by atoms with Crippen molar-refractivity contribution in [2.45, 2.75) is 6.92 Å². The van der Waals surface area contributed by atoms with Gasteiger partial charge < -0.3 is 10.9 Å². The predicted molar refractivity (Wildman–Crippen MR) is 58.0 cm³/mol. The Kier molecular flexibility index (Phi) is 3.93. The van der Waals surface area contributed by atoms with Gasteiger partial charge in [0.15, 0.2) is 5.82 Å². The lowest BCUT2D eigenvalue weighted by Gasteiger charge is -1.99. The summed E-state index contributed by atoms with van der Waals surface area (Å²) in [5.41, 5.74) is 0.903. The number of nitrogens with zero attached hydrogens (tertiary/aromatic N) is 2. The first kappa shape index (κ1) is 11.3. The van der Waals surface area contributed by atoms with Gasteiger partial charge in [0.1, 0.15) is 5.71 Å². The summed E-state index contributed by atoms with van der Waals surface area (Å²) in [6.45, 7) is 1.33. The maximum atomic E-state index is 13.4. The third-order valence-electron chi connectivity index (χ3n) is 1.85. The Morgan fingerprint density at radius 3 is 2.93 bits per heavy atom. The molecule has 0 saturated carbocycles. The van der Waals surface area contributed by atoms with Crippen LogP contribution in [0.4, 0.5) is 10.1 Å². The van der Waals surface area contributed by atoms with Crippen molar-refractivity contribution in [3.63, 3.8) is 0 Å². The SMILES string of the molecule is Cc1cccc(N=CC(CO)=NN)c1F. The number of aryl methyl sites for hydroxylation is 1. The van der Waals surface area contributed by atoms with Crippen molar-refractivity contribution < 1.29 is 9.50 Å². The van der Waals surface area contributed by atoms with Crippen molar-refractivity contribution in [2.24, 2.45) is 15.9 Å². The van der Waals surface area contributed by atoms with Gasteiger partial charge in [-0.05, 0) is 18.6 Å². The van der Waals surface area contributed by atoms with Gasteiger partial charge in [0.25, 0.3) is 0 Å². The van der Waals surface area contributed by atoms with Crippen molar-refractivity contribution in [3.05, 3.63) is 29.6 Å². The molecule has 0 saturated heterocycles. The lowest BCUT2D eigenvalue weighted by molar-refractivity contribution is 0.359. The molecule has 0 aliphatic carbocycles. The number of hydrazone groups is 1. The fourth-order valence-electron chi connectivity index (χ4n) is 0.991. The van der Waals surface area contributed by atoms with Crippen LogP contribution in [0.1, 0.15) is 5.56 Å². The molecule has 0 atom stereocenters. The van der Waals surface area contributed by atoms with E-state index in [-0.39, 0.29) is 23.8 Å². The number of halogens is 1. The quantitative estimate of drug-likeness (QED) is 0.445. The smallest absolute Gasteiger partial charge is 0.151 e. The van der Waals surface area contributed by atoms with Crippen LogP contribution in [-0.4, -0.2) is 23.6 Å². The fraction of sp³-hybridized carbons (Fsp3) is 0.200. The number of hydrogen-bond acceptors (Lipinski definition) is 4. The van der Waals surface area contributed by atoms with Crippen LogP contribution in [-0.2, 0) is 0 Å². The van der Waals surface area contributed by atoms with E-state index in [1.54, 1.807) is 19.1 Å². The van der Waals surface area contributed by atoms with E-state index in [0.29, 0.717) is 5.56 Å². The summed E-state index contributed by atoms with van der Waals surface area (Å²) < 4.78 is 13.4. The highest BCUT2D eigenvalue weighted by Crippen LogP contribution is 2.19. The molecule has 0 fully saturated rings. The molecule has 4 nitrogen and oxygen atoms in total.